The van der Waals surface area contributed by atoms with Crippen molar-refractivity contribution < 1.29 is 18.3 Å². The average Bonchev–Trinajstić information content (AvgIpc) is 3.37. The van der Waals surface area contributed by atoms with Crippen molar-refractivity contribution in [1.29, 1.82) is 0 Å². The number of rotatable bonds is 6. The van der Waals surface area contributed by atoms with Gasteiger partial charge in [0.2, 0.25) is 0 Å². The molecular weight excluding hydrogens is 504 g/mol. The van der Waals surface area contributed by atoms with Gasteiger partial charge in [-0.05, 0) is 62.9 Å². The lowest BCUT2D eigenvalue weighted by atomic mass is 9.97. The maximum atomic E-state index is 14.9. The van der Waals surface area contributed by atoms with Gasteiger partial charge in [0, 0.05) is 30.4 Å². The predicted octanol–water partition coefficient (Wildman–Crippen LogP) is 5.62. The monoisotopic (exact) mass is 531 g/mol. The van der Waals surface area contributed by atoms with Crippen LogP contribution in [0.3, 0.4) is 0 Å². The van der Waals surface area contributed by atoms with Crippen molar-refractivity contribution in [2.45, 2.75) is 38.3 Å². The van der Waals surface area contributed by atoms with Gasteiger partial charge in [-0.15, -0.1) is 0 Å². The molecule has 11 heteroatoms. The molecule has 1 saturated heterocycles. The van der Waals surface area contributed by atoms with Gasteiger partial charge in [0.15, 0.2) is 11.8 Å². The summed E-state index contributed by atoms with van der Waals surface area (Å²) in [4.78, 5) is 14.6. The number of ether oxygens (including phenoxy) is 2. The summed E-state index contributed by atoms with van der Waals surface area (Å²) in [5.41, 5.74) is 2.91. The molecule has 2 unspecified atom stereocenters. The summed E-state index contributed by atoms with van der Waals surface area (Å²) in [6.07, 6.45) is 3.66. The largest absolute Gasteiger partial charge is 0.483 e. The van der Waals surface area contributed by atoms with Crippen LogP contribution in [0.2, 0.25) is 0 Å². The third-order valence-corrected chi connectivity index (χ3v) is 7.05. The van der Waals surface area contributed by atoms with Gasteiger partial charge < -0.3 is 14.8 Å². The molecule has 1 N–H and O–H groups in total. The third-order valence-electron chi connectivity index (χ3n) is 7.05. The van der Waals surface area contributed by atoms with Crippen molar-refractivity contribution in [1.82, 2.24) is 29.5 Å². The molecule has 6 rings (SSSR count). The Bertz CT molecular complexity index is 1650. The number of aryl methyl sites for hydroxylation is 1. The minimum atomic E-state index is -2.99. The van der Waals surface area contributed by atoms with E-state index in [-0.39, 0.29) is 19.0 Å². The molecule has 1 fully saturated rings. The number of alkyl halides is 2. The fourth-order valence-electron chi connectivity index (χ4n) is 4.78. The second-order valence-corrected chi connectivity index (χ2v) is 9.87. The molecule has 0 saturated carbocycles. The molecule has 0 aliphatic carbocycles. The Morgan fingerprint density at radius 2 is 1.90 bits per heavy atom. The van der Waals surface area contributed by atoms with Crippen LogP contribution in [0.25, 0.3) is 16.6 Å². The van der Waals surface area contributed by atoms with Crippen LogP contribution in [0.15, 0.2) is 67.4 Å². The highest BCUT2D eigenvalue weighted by Gasteiger charge is 2.48. The molecule has 2 atom stereocenters. The van der Waals surface area contributed by atoms with Crippen LogP contribution in [-0.2, 0) is 0 Å². The van der Waals surface area contributed by atoms with E-state index >= 15 is 0 Å². The fraction of sp³-hybridized carbons (Fsp3) is 0.286. The molecule has 1 aliphatic heterocycles. The SMILES string of the molecule is Cc1cc(Nc2ncnc3cccc(OC4CC(C)N(C)CC4(F)F)c23)ccc1Oc1ccn2ncnc2c1. The summed E-state index contributed by atoms with van der Waals surface area (Å²) in [7, 11) is 1.70. The Balaban J connectivity index is 1.27. The van der Waals surface area contributed by atoms with Crippen LogP contribution in [0.1, 0.15) is 18.9 Å². The smallest absolute Gasteiger partial charge is 0.296 e. The zero-order chi connectivity index (χ0) is 27.1. The van der Waals surface area contributed by atoms with Gasteiger partial charge >= 0.3 is 0 Å². The van der Waals surface area contributed by atoms with E-state index in [1.54, 1.807) is 40.9 Å². The highest BCUT2D eigenvalue weighted by molar-refractivity contribution is 5.95. The summed E-state index contributed by atoms with van der Waals surface area (Å²) in [5.74, 6) is -0.886. The second-order valence-electron chi connectivity index (χ2n) is 9.87. The van der Waals surface area contributed by atoms with Gasteiger partial charge in [-0.2, -0.15) is 5.10 Å². The zero-order valence-electron chi connectivity index (χ0n) is 21.7. The summed E-state index contributed by atoms with van der Waals surface area (Å²) in [6, 6.07) is 14.5. The fourth-order valence-corrected chi connectivity index (χ4v) is 4.78. The number of halogens is 2. The van der Waals surface area contributed by atoms with Crippen LogP contribution in [-0.4, -0.2) is 61.1 Å². The highest BCUT2D eigenvalue weighted by Crippen LogP contribution is 2.38. The molecule has 5 aromatic rings. The number of hydrogen-bond donors (Lipinski definition) is 1. The predicted molar refractivity (Wildman–Crippen MR) is 143 cm³/mol. The number of pyridine rings is 1. The van der Waals surface area contributed by atoms with Crippen LogP contribution in [0, 0.1) is 6.92 Å². The first-order chi connectivity index (χ1) is 18.8. The molecule has 4 heterocycles. The van der Waals surface area contributed by atoms with Gasteiger partial charge in [-0.25, -0.2) is 28.2 Å². The number of benzene rings is 2. The molecular formula is C28H27F2N7O2. The number of piperidine rings is 1. The van der Waals surface area contributed by atoms with Crippen LogP contribution in [0.5, 0.6) is 17.2 Å². The van der Waals surface area contributed by atoms with Crippen molar-refractivity contribution in [3.05, 3.63) is 72.9 Å². The van der Waals surface area contributed by atoms with Crippen LogP contribution < -0.4 is 14.8 Å². The molecule has 200 valence electrons. The summed E-state index contributed by atoms with van der Waals surface area (Å²) in [6.45, 7) is 3.51. The number of hydrogen-bond acceptors (Lipinski definition) is 8. The molecule has 0 bridgehead atoms. The summed E-state index contributed by atoms with van der Waals surface area (Å²) < 4.78 is 43.5. The van der Waals surface area contributed by atoms with Crippen molar-refractivity contribution in [3.8, 4) is 17.2 Å². The van der Waals surface area contributed by atoms with E-state index in [1.807, 2.05) is 44.2 Å². The Morgan fingerprint density at radius 3 is 2.74 bits per heavy atom. The average molecular weight is 532 g/mol. The second kappa shape index (κ2) is 9.73. The number of nitrogens with zero attached hydrogens (tertiary/aromatic N) is 6. The quantitative estimate of drug-likeness (QED) is 0.302. The Kier molecular flexibility index (Phi) is 6.22. The minimum absolute atomic E-state index is 0.0274. The third kappa shape index (κ3) is 4.92. The lowest BCUT2D eigenvalue weighted by molar-refractivity contribution is -0.146. The molecule has 2 aromatic carbocycles. The molecule has 39 heavy (non-hydrogen) atoms. The number of fused-ring (bicyclic) bond motifs is 2. The lowest BCUT2D eigenvalue weighted by Crippen LogP contribution is -2.55. The van der Waals surface area contributed by atoms with E-state index in [9.17, 15) is 8.78 Å². The Hall–Kier alpha value is -4.38. The van der Waals surface area contributed by atoms with E-state index < -0.39 is 12.0 Å². The Morgan fingerprint density at radius 1 is 1.03 bits per heavy atom. The normalized spacial score (nSPS) is 19.3. The summed E-state index contributed by atoms with van der Waals surface area (Å²) >= 11 is 0. The number of nitrogens with one attached hydrogen (secondary N) is 1. The first-order valence-electron chi connectivity index (χ1n) is 12.6. The highest BCUT2D eigenvalue weighted by atomic mass is 19.3. The maximum Gasteiger partial charge on any atom is 0.296 e. The molecule has 0 radical (unpaired) electrons. The molecule has 0 amide bonds. The number of anilines is 2. The van der Waals surface area contributed by atoms with Gasteiger partial charge in [0.05, 0.1) is 17.4 Å². The van der Waals surface area contributed by atoms with Crippen molar-refractivity contribution in [2.24, 2.45) is 0 Å². The molecule has 3 aromatic heterocycles. The number of likely N-dealkylation sites (tertiary alicyclic amines) is 1. The first kappa shape index (κ1) is 24.9. The standard InChI is InChI=1S/C28H27F2N7O2/c1-17-11-19(7-8-22(17)38-20-9-10-37-25(13-20)32-16-34-37)35-27-26-21(31-15-33-27)5-4-6-23(26)39-24-12-18(2)36(3)14-28(24,29)30/h4-11,13,15-16,18,24H,12,14H2,1-3H3,(H,31,33,35). The van der Waals surface area contributed by atoms with Crippen LogP contribution >= 0.6 is 0 Å². The van der Waals surface area contributed by atoms with E-state index in [0.29, 0.717) is 39.6 Å². The van der Waals surface area contributed by atoms with Gasteiger partial charge in [0.1, 0.15) is 35.7 Å². The van der Waals surface area contributed by atoms with Crippen molar-refractivity contribution in [3.63, 3.8) is 0 Å². The van der Waals surface area contributed by atoms with Gasteiger partial charge in [-0.3, -0.25) is 4.90 Å². The van der Waals surface area contributed by atoms with E-state index in [1.165, 1.54) is 12.7 Å². The first-order valence-corrected chi connectivity index (χ1v) is 12.6. The van der Waals surface area contributed by atoms with Gasteiger partial charge in [-0.1, -0.05) is 6.07 Å². The van der Waals surface area contributed by atoms with Gasteiger partial charge in [0.25, 0.3) is 5.92 Å². The number of aromatic nitrogens is 5. The van der Waals surface area contributed by atoms with E-state index in [4.69, 9.17) is 9.47 Å². The summed E-state index contributed by atoms with van der Waals surface area (Å²) in [5, 5.41) is 7.95. The Labute approximate surface area is 223 Å². The molecule has 9 nitrogen and oxygen atoms in total. The lowest BCUT2D eigenvalue weighted by Gasteiger charge is -2.40. The zero-order valence-corrected chi connectivity index (χ0v) is 21.7. The van der Waals surface area contributed by atoms with Crippen molar-refractivity contribution in [2.75, 3.05) is 18.9 Å². The van der Waals surface area contributed by atoms with E-state index in [2.05, 4.69) is 25.4 Å². The maximum absolute atomic E-state index is 14.9. The minimum Gasteiger partial charge on any atom is -0.483 e. The van der Waals surface area contributed by atoms with Crippen molar-refractivity contribution >= 4 is 28.1 Å². The molecule has 0 spiro atoms. The van der Waals surface area contributed by atoms with E-state index in [0.717, 1.165) is 11.3 Å². The van der Waals surface area contributed by atoms with Crippen LogP contribution in [0.4, 0.5) is 20.3 Å². The molecule has 1 aliphatic rings. The topological polar surface area (TPSA) is 89.7 Å².